The summed E-state index contributed by atoms with van der Waals surface area (Å²) in [6, 6.07) is 7.78. The molecule has 0 amide bonds. The lowest BCUT2D eigenvalue weighted by atomic mass is 10.1. The van der Waals surface area contributed by atoms with Gasteiger partial charge < -0.3 is 0 Å². The summed E-state index contributed by atoms with van der Waals surface area (Å²) in [5, 5.41) is 12.5. The molecule has 2 N–H and O–H groups in total. The van der Waals surface area contributed by atoms with E-state index in [0.717, 1.165) is 12.0 Å². The van der Waals surface area contributed by atoms with Gasteiger partial charge in [-0.05, 0) is 18.9 Å². The molecule has 102 valence electrons. The second-order valence-electron chi connectivity index (χ2n) is 4.15. The molecule has 7 heteroatoms. The third kappa shape index (κ3) is 2.66. The van der Waals surface area contributed by atoms with Crippen LogP contribution in [0.2, 0.25) is 0 Å². The minimum Gasteiger partial charge on any atom is -0.297 e. The molecule has 0 saturated heterocycles. The number of rotatable bonds is 4. The zero-order valence-corrected chi connectivity index (χ0v) is 11.7. The van der Waals surface area contributed by atoms with Crippen LogP contribution in [-0.2, 0) is 23.0 Å². The molecule has 0 aliphatic carbocycles. The number of hydrogen-bond acceptors (Lipinski definition) is 4. The fourth-order valence-electron chi connectivity index (χ4n) is 1.89. The van der Waals surface area contributed by atoms with Gasteiger partial charge in [-0.15, -0.1) is 10.2 Å². The number of nitrogens with two attached hydrogens (primary N) is 1. The van der Waals surface area contributed by atoms with Crippen LogP contribution in [-0.4, -0.2) is 23.2 Å². The molecular weight excluding hydrogens is 264 g/mol. The summed E-state index contributed by atoms with van der Waals surface area (Å²) in [7, 11) is -3.86. The molecule has 0 spiro atoms. The number of nitrogens with zero attached hydrogens (tertiary/aromatic N) is 3. The summed E-state index contributed by atoms with van der Waals surface area (Å²) < 4.78 is 24.3. The van der Waals surface area contributed by atoms with Crippen molar-refractivity contribution >= 4 is 10.0 Å². The quantitative estimate of drug-likeness (QED) is 0.910. The van der Waals surface area contributed by atoms with E-state index < -0.39 is 10.0 Å². The number of primary sulfonamides is 1. The number of hydrogen-bond donors (Lipinski definition) is 1. The lowest BCUT2D eigenvalue weighted by Gasteiger charge is -2.06. The zero-order valence-electron chi connectivity index (χ0n) is 10.9. The van der Waals surface area contributed by atoms with Gasteiger partial charge in [0, 0.05) is 12.1 Å². The second kappa shape index (κ2) is 5.10. The summed E-state index contributed by atoms with van der Waals surface area (Å²) in [5.74, 6) is 0.508. The lowest BCUT2D eigenvalue weighted by molar-refractivity contribution is 0.571. The lowest BCUT2D eigenvalue weighted by Crippen LogP contribution is -2.18. The van der Waals surface area contributed by atoms with Gasteiger partial charge in [0.15, 0.2) is 5.82 Å². The maximum absolute atomic E-state index is 11.4. The average Bonchev–Trinajstić information content (AvgIpc) is 2.82. The Balaban J connectivity index is 2.53. The van der Waals surface area contributed by atoms with Crippen molar-refractivity contribution in [3.8, 4) is 11.4 Å². The molecule has 0 aliphatic heterocycles. The Labute approximate surface area is 112 Å². The molecule has 0 radical (unpaired) electrons. The molecule has 2 aromatic rings. The Kier molecular flexibility index (Phi) is 3.68. The Bertz CT molecular complexity index is 674. The van der Waals surface area contributed by atoms with Crippen LogP contribution in [0.4, 0.5) is 0 Å². The predicted octanol–water partition coefficient (Wildman–Crippen LogP) is 1.17. The largest absolute Gasteiger partial charge is 0.297 e. The molecule has 1 heterocycles. The number of aromatic nitrogens is 3. The molecule has 0 fully saturated rings. The van der Waals surface area contributed by atoms with Gasteiger partial charge in [-0.1, -0.05) is 31.2 Å². The van der Waals surface area contributed by atoms with Crippen molar-refractivity contribution in [2.75, 3.05) is 0 Å². The van der Waals surface area contributed by atoms with Crippen molar-refractivity contribution in [1.82, 2.24) is 14.8 Å². The fourth-order valence-corrected chi connectivity index (χ4v) is 2.56. The van der Waals surface area contributed by atoms with Gasteiger partial charge >= 0.3 is 0 Å². The van der Waals surface area contributed by atoms with Crippen LogP contribution in [0.25, 0.3) is 11.4 Å². The van der Waals surface area contributed by atoms with Crippen molar-refractivity contribution in [3.05, 3.63) is 29.8 Å². The molecule has 1 aromatic carbocycles. The predicted molar refractivity (Wildman–Crippen MR) is 71.9 cm³/mol. The monoisotopic (exact) mass is 280 g/mol. The van der Waals surface area contributed by atoms with E-state index in [1.807, 2.05) is 31.2 Å². The smallest absolute Gasteiger partial charge is 0.273 e. The van der Waals surface area contributed by atoms with E-state index >= 15 is 0 Å². The van der Waals surface area contributed by atoms with Gasteiger partial charge in [-0.25, -0.2) is 13.6 Å². The van der Waals surface area contributed by atoms with Crippen molar-refractivity contribution < 1.29 is 8.42 Å². The topological polar surface area (TPSA) is 90.9 Å². The van der Waals surface area contributed by atoms with Crippen LogP contribution in [0.5, 0.6) is 0 Å². The number of aryl methyl sites for hydroxylation is 1. The SMILES string of the molecule is CCc1ccc(-c2nnc(S(N)(=O)=O)n2CC)cc1. The van der Waals surface area contributed by atoms with E-state index in [-0.39, 0.29) is 5.16 Å². The van der Waals surface area contributed by atoms with E-state index in [1.54, 1.807) is 0 Å². The second-order valence-corrected chi connectivity index (χ2v) is 5.60. The minimum atomic E-state index is -3.86. The van der Waals surface area contributed by atoms with E-state index in [2.05, 4.69) is 17.1 Å². The zero-order chi connectivity index (χ0) is 14.0. The van der Waals surface area contributed by atoms with Crippen LogP contribution in [0.1, 0.15) is 19.4 Å². The highest BCUT2D eigenvalue weighted by Gasteiger charge is 2.20. The first-order valence-corrected chi connectivity index (χ1v) is 7.57. The third-order valence-electron chi connectivity index (χ3n) is 2.91. The molecule has 19 heavy (non-hydrogen) atoms. The van der Waals surface area contributed by atoms with Gasteiger partial charge in [0.2, 0.25) is 0 Å². The van der Waals surface area contributed by atoms with E-state index in [9.17, 15) is 8.42 Å². The highest BCUT2D eigenvalue weighted by molar-refractivity contribution is 7.89. The van der Waals surface area contributed by atoms with Gasteiger partial charge in [0.1, 0.15) is 0 Å². The van der Waals surface area contributed by atoms with Crippen molar-refractivity contribution in [2.45, 2.75) is 32.0 Å². The summed E-state index contributed by atoms with van der Waals surface area (Å²) in [5.41, 5.74) is 2.03. The molecule has 0 atom stereocenters. The van der Waals surface area contributed by atoms with Crippen molar-refractivity contribution in [3.63, 3.8) is 0 Å². The van der Waals surface area contributed by atoms with E-state index in [4.69, 9.17) is 5.14 Å². The Morgan fingerprint density at radius 3 is 2.26 bits per heavy atom. The van der Waals surface area contributed by atoms with Crippen molar-refractivity contribution in [1.29, 1.82) is 0 Å². The molecule has 0 aliphatic rings. The standard InChI is InChI=1S/C12H16N4O2S/c1-3-9-5-7-10(8-6-9)11-14-15-12(16(11)4-2)19(13,17)18/h5-8H,3-4H2,1-2H3,(H2,13,17,18). The molecular formula is C12H16N4O2S. The average molecular weight is 280 g/mol. The first kappa shape index (κ1) is 13.7. The normalized spacial score (nSPS) is 11.7. The summed E-state index contributed by atoms with van der Waals surface area (Å²) in [4.78, 5) is 0. The molecule has 6 nitrogen and oxygen atoms in total. The first-order chi connectivity index (χ1) is 8.97. The van der Waals surface area contributed by atoms with E-state index in [1.165, 1.54) is 10.1 Å². The Hall–Kier alpha value is -1.73. The summed E-state index contributed by atoms with van der Waals surface area (Å²) in [6.45, 7) is 4.33. The van der Waals surface area contributed by atoms with Gasteiger partial charge in [-0.2, -0.15) is 0 Å². The highest BCUT2D eigenvalue weighted by Crippen LogP contribution is 2.20. The van der Waals surface area contributed by atoms with Crippen LogP contribution in [0.15, 0.2) is 29.4 Å². The summed E-state index contributed by atoms with van der Waals surface area (Å²) >= 11 is 0. The van der Waals surface area contributed by atoms with Crippen LogP contribution < -0.4 is 5.14 Å². The molecule has 0 saturated carbocycles. The minimum absolute atomic E-state index is 0.204. The molecule has 2 rings (SSSR count). The molecule has 0 bridgehead atoms. The fraction of sp³-hybridized carbons (Fsp3) is 0.333. The highest BCUT2D eigenvalue weighted by atomic mass is 32.2. The third-order valence-corrected chi connectivity index (χ3v) is 3.72. The van der Waals surface area contributed by atoms with Gasteiger partial charge in [0.05, 0.1) is 0 Å². The number of benzene rings is 1. The van der Waals surface area contributed by atoms with Crippen LogP contribution >= 0.6 is 0 Å². The van der Waals surface area contributed by atoms with Crippen LogP contribution in [0, 0.1) is 0 Å². The van der Waals surface area contributed by atoms with E-state index in [0.29, 0.717) is 12.4 Å². The molecule has 0 unspecified atom stereocenters. The van der Waals surface area contributed by atoms with Gasteiger partial charge in [0.25, 0.3) is 15.2 Å². The maximum Gasteiger partial charge on any atom is 0.273 e. The maximum atomic E-state index is 11.4. The summed E-state index contributed by atoms with van der Waals surface area (Å²) in [6.07, 6.45) is 0.948. The van der Waals surface area contributed by atoms with Gasteiger partial charge in [-0.3, -0.25) is 4.57 Å². The Morgan fingerprint density at radius 2 is 1.79 bits per heavy atom. The first-order valence-electron chi connectivity index (χ1n) is 6.02. The van der Waals surface area contributed by atoms with Crippen molar-refractivity contribution in [2.24, 2.45) is 5.14 Å². The molecule has 1 aromatic heterocycles. The van der Waals surface area contributed by atoms with Crippen LogP contribution in [0.3, 0.4) is 0 Å². The number of sulfonamides is 1. The Morgan fingerprint density at radius 1 is 1.16 bits per heavy atom.